The lowest BCUT2D eigenvalue weighted by molar-refractivity contribution is 0.0446. The molecular formula is C13H24O. The third kappa shape index (κ3) is 2.98. The molecule has 0 spiro atoms. The molecule has 0 N–H and O–H groups in total. The molecule has 0 aromatic heterocycles. The zero-order valence-corrected chi connectivity index (χ0v) is 10.0. The molecule has 0 heterocycles. The van der Waals surface area contributed by atoms with Crippen molar-refractivity contribution in [3.8, 4) is 0 Å². The Morgan fingerprint density at radius 1 is 1.29 bits per heavy atom. The van der Waals surface area contributed by atoms with E-state index in [4.69, 9.17) is 4.74 Å². The summed E-state index contributed by atoms with van der Waals surface area (Å²) in [6, 6.07) is 0. The van der Waals surface area contributed by atoms with Crippen LogP contribution in [0.1, 0.15) is 40.0 Å². The summed E-state index contributed by atoms with van der Waals surface area (Å²) in [7, 11) is 1.76. The Morgan fingerprint density at radius 2 is 1.86 bits per heavy atom. The quantitative estimate of drug-likeness (QED) is 0.560. The Bertz CT molecular complexity index is 178. The highest BCUT2D eigenvalue weighted by atomic mass is 16.5. The predicted octanol–water partition coefficient (Wildman–Crippen LogP) is 3.96. The number of rotatable bonds is 7. The SMILES string of the molecule is C=CC(OC)C(/C=C\CC)(CC)CC. The highest BCUT2D eigenvalue weighted by Crippen LogP contribution is 2.34. The van der Waals surface area contributed by atoms with Gasteiger partial charge < -0.3 is 4.74 Å². The number of hydrogen-bond acceptors (Lipinski definition) is 1. The van der Waals surface area contributed by atoms with Crippen LogP contribution in [-0.4, -0.2) is 13.2 Å². The van der Waals surface area contributed by atoms with Gasteiger partial charge in [-0.1, -0.05) is 39.0 Å². The van der Waals surface area contributed by atoms with Crippen LogP contribution < -0.4 is 0 Å². The van der Waals surface area contributed by atoms with Crippen molar-refractivity contribution in [2.24, 2.45) is 5.41 Å². The van der Waals surface area contributed by atoms with Gasteiger partial charge in [0.15, 0.2) is 0 Å². The average molecular weight is 196 g/mol. The van der Waals surface area contributed by atoms with Gasteiger partial charge in [-0.25, -0.2) is 0 Å². The van der Waals surface area contributed by atoms with Crippen LogP contribution in [0.5, 0.6) is 0 Å². The Hall–Kier alpha value is -0.560. The lowest BCUT2D eigenvalue weighted by Crippen LogP contribution is -2.32. The van der Waals surface area contributed by atoms with E-state index in [1.54, 1.807) is 7.11 Å². The Labute approximate surface area is 88.9 Å². The topological polar surface area (TPSA) is 9.23 Å². The standard InChI is InChI=1S/C13H24O/c1-6-10-11-13(8-3,9-4)12(7-2)14-5/h7,10-12H,2,6,8-9H2,1,3-5H3/b11-10-. The number of hydrogen-bond donors (Lipinski definition) is 0. The Balaban J connectivity index is 4.82. The van der Waals surface area contributed by atoms with Crippen molar-refractivity contribution in [1.29, 1.82) is 0 Å². The van der Waals surface area contributed by atoms with E-state index in [0.29, 0.717) is 0 Å². The predicted molar refractivity (Wildman–Crippen MR) is 63.4 cm³/mol. The molecule has 82 valence electrons. The zero-order chi connectivity index (χ0) is 11.0. The summed E-state index contributed by atoms with van der Waals surface area (Å²) >= 11 is 0. The van der Waals surface area contributed by atoms with Gasteiger partial charge in [0.2, 0.25) is 0 Å². The van der Waals surface area contributed by atoms with Gasteiger partial charge in [-0.3, -0.25) is 0 Å². The Morgan fingerprint density at radius 3 is 2.14 bits per heavy atom. The minimum Gasteiger partial charge on any atom is -0.376 e. The lowest BCUT2D eigenvalue weighted by Gasteiger charge is -2.34. The van der Waals surface area contributed by atoms with Crippen molar-refractivity contribution in [2.45, 2.75) is 46.1 Å². The van der Waals surface area contributed by atoms with E-state index in [1.807, 2.05) is 6.08 Å². The third-order valence-electron chi connectivity index (χ3n) is 3.04. The van der Waals surface area contributed by atoms with Crippen molar-refractivity contribution in [3.63, 3.8) is 0 Å². The second kappa shape index (κ2) is 6.83. The summed E-state index contributed by atoms with van der Waals surface area (Å²) in [6.07, 6.45) is 9.81. The van der Waals surface area contributed by atoms with Crippen molar-refractivity contribution >= 4 is 0 Å². The van der Waals surface area contributed by atoms with Gasteiger partial charge in [0.05, 0.1) is 6.10 Å². The molecule has 0 saturated heterocycles. The molecule has 0 radical (unpaired) electrons. The van der Waals surface area contributed by atoms with E-state index in [1.165, 1.54) is 0 Å². The average Bonchev–Trinajstić information content (AvgIpc) is 2.24. The van der Waals surface area contributed by atoms with Crippen molar-refractivity contribution in [2.75, 3.05) is 7.11 Å². The molecule has 1 heteroatoms. The van der Waals surface area contributed by atoms with E-state index in [2.05, 4.69) is 39.5 Å². The zero-order valence-electron chi connectivity index (χ0n) is 10.0. The summed E-state index contributed by atoms with van der Waals surface area (Å²) in [5.74, 6) is 0. The molecule has 0 bridgehead atoms. The molecule has 14 heavy (non-hydrogen) atoms. The molecule has 0 aliphatic heterocycles. The molecule has 0 rings (SSSR count). The summed E-state index contributed by atoms with van der Waals surface area (Å²) < 4.78 is 5.47. The molecule has 1 unspecified atom stereocenters. The van der Waals surface area contributed by atoms with Crippen LogP contribution in [0.25, 0.3) is 0 Å². The van der Waals surface area contributed by atoms with Crippen LogP contribution in [0.3, 0.4) is 0 Å². The molecule has 0 saturated carbocycles. The smallest absolute Gasteiger partial charge is 0.0839 e. The number of ether oxygens (including phenoxy) is 1. The lowest BCUT2D eigenvalue weighted by atomic mass is 9.76. The molecule has 1 atom stereocenters. The first-order valence-corrected chi connectivity index (χ1v) is 5.53. The highest BCUT2D eigenvalue weighted by molar-refractivity contribution is 5.07. The number of allylic oxidation sites excluding steroid dienone is 1. The normalized spacial score (nSPS) is 14.6. The molecule has 0 aromatic carbocycles. The third-order valence-corrected chi connectivity index (χ3v) is 3.04. The molecule has 0 aliphatic carbocycles. The van der Waals surface area contributed by atoms with Gasteiger partial charge in [-0.15, -0.1) is 6.58 Å². The molecule has 0 aliphatic rings. The first-order valence-electron chi connectivity index (χ1n) is 5.53. The van der Waals surface area contributed by atoms with Crippen LogP contribution in [0.2, 0.25) is 0 Å². The van der Waals surface area contributed by atoms with Crippen LogP contribution in [0.15, 0.2) is 24.8 Å². The van der Waals surface area contributed by atoms with Crippen LogP contribution in [-0.2, 0) is 4.74 Å². The minimum absolute atomic E-state index is 0.125. The van der Waals surface area contributed by atoms with Crippen molar-refractivity contribution in [1.82, 2.24) is 0 Å². The van der Waals surface area contributed by atoms with Gasteiger partial charge in [0.25, 0.3) is 0 Å². The maximum Gasteiger partial charge on any atom is 0.0839 e. The fraction of sp³-hybridized carbons (Fsp3) is 0.692. The van der Waals surface area contributed by atoms with E-state index in [0.717, 1.165) is 19.3 Å². The summed E-state index contributed by atoms with van der Waals surface area (Å²) in [4.78, 5) is 0. The van der Waals surface area contributed by atoms with Gasteiger partial charge in [0.1, 0.15) is 0 Å². The Kier molecular flexibility index (Phi) is 6.56. The maximum atomic E-state index is 5.47. The highest BCUT2D eigenvalue weighted by Gasteiger charge is 2.31. The van der Waals surface area contributed by atoms with Crippen molar-refractivity contribution < 1.29 is 4.74 Å². The van der Waals surface area contributed by atoms with Crippen LogP contribution in [0, 0.1) is 5.41 Å². The monoisotopic (exact) mass is 196 g/mol. The van der Waals surface area contributed by atoms with Gasteiger partial charge in [-0.05, 0) is 19.3 Å². The molecule has 0 aromatic rings. The number of methoxy groups -OCH3 is 1. The van der Waals surface area contributed by atoms with Gasteiger partial charge in [0, 0.05) is 12.5 Å². The summed E-state index contributed by atoms with van der Waals surface area (Å²) in [5.41, 5.74) is 0.131. The summed E-state index contributed by atoms with van der Waals surface area (Å²) in [5, 5.41) is 0. The van der Waals surface area contributed by atoms with E-state index in [-0.39, 0.29) is 11.5 Å². The molecule has 1 nitrogen and oxygen atoms in total. The molecular weight excluding hydrogens is 172 g/mol. The maximum absolute atomic E-state index is 5.47. The fourth-order valence-electron chi connectivity index (χ4n) is 1.90. The van der Waals surface area contributed by atoms with Crippen LogP contribution in [0.4, 0.5) is 0 Å². The molecule has 0 fully saturated rings. The van der Waals surface area contributed by atoms with E-state index in [9.17, 15) is 0 Å². The summed E-state index contributed by atoms with van der Waals surface area (Å²) in [6.45, 7) is 10.4. The first-order chi connectivity index (χ1) is 6.70. The van der Waals surface area contributed by atoms with Crippen molar-refractivity contribution in [3.05, 3.63) is 24.8 Å². The van der Waals surface area contributed by atoms with Gasteiger partial charge >= 0.3 is 0 Å². The minimum atomic E-state index is 0.125. The van der Waals surface area contributed by atoms with Crippen LogP contribution >= 0.6 is 0 Å². The second-order valence-corrected chi connectivity index (χ2v) is 3.64. The second-order valence-electron chi connectivity index (χ2n) is 3.64. The van der Waals surface area contributed by atoms with E-state index < -0.39 is 0 Å². The van der Waals surface area contributed by atoms with Gasteiger partial charge in [-0.2, -0.15) is 0 Å². The fourth-order valence-corrected chi connectivity index (χ4v) is 1.90. The first kappa shape index (κ1) is 13.4. The largest absolute Gasteiger partial charge is 0.376 e. The van der Waals surface area contributed by atoms with E-state index >= 15 is 0 Å². The molecule has 0 amide bonds.